The highest BCUT2D eigenvalue weighted by Crippen LogP contribution is 2.37. The van der Waals surface area contributed by atoms with Crippen LogP contribution in [0.25, 0.3) is 20.8 Å². The maximum atomic E-state index is 4.61. The molecule has 4 rings (SSSR count). The Bertz CT molecular complexity index is 850. The number of hydrogen-bond donors (Lipinski definition) is 0. The van der Waals surface area contributed by atoms with Crippen molar-refractivity contribution < 1.29 is 0 Å². The van der Waals surface area contributed by atoms with E-state index in [0.29, 0.717) is 0 Å². The summed E-state index contributed by atoms with van der Waals surface area (Å²) >= 11 is 4.87. The number of aromatic nitrogens is 3. The summed E-state index contributed by atoms with van der Waals surface area (Å²) in [7, 11) is 0. The fraction of sp³-hybridized carbons (Fsp3) is 0. The maximum Gasteiger partial charge on any atom is 0.181 e. The number of benzene rings is 2. The summed E-state index contributed by atoms with van der Waals surface area (Å²) in [6.07, 6.45) is 0. The minimum Gasteiger partial charge on any atom is -0.229 e. The molecule has 0 fully saturated rings. The van der Waals surface area contributed by atoms with Crippen LogP contribution in [0.15, 0.2) is 63.3 Å². The smallest absolute Gasteiger partial charge is 0.181 e. The number of thiazole rings is 1. The number of hydrogen-bond acceptors (Lipinski definition) is 6. The molecule has 2 aromatic carbocycles. The highest BCUT2D eigenvalue weighted by molar-refractivity contribution is 8.02. The van der Waals surface area contributed by atoms with E-state index in [1.165, 1.54) is 4.70 Å². The third-order valence-corrected chi connectivity index (χ3v) is 6.00. The third kappa shape index (κ3) is 2.70. The lowest BCUT2D eigenvalue weighted by molar-refractivity contribution is 1.01. The van der Waals surface area contributed by atoms with E-state index < -0.39 is 0 Å². The molecule has 0 amide bonds. The standard InChI is InChI=1S/C15H9N3S3/c1-2-6-10(7-3-1)13-17-18-15(20-13)21-14-16-11-8-4-5-9-12(11)19-14/h1-9H. The van der Waals surface area contributed by atoms with Crippen LogP contribution in [0.3, 0.4) is 0 Å². The minimum absolute atomic E-state index is 0.924. The molecule has 0 bridgehead atoms. The van der Waals surface area contributed by atoms with Gasteiger partial charge in [0.25, 0.3) is 0 Å². The molecule has 0 aliphatic rings. The van der Waals surface area contributed by atoms with E-state index in [4.69, 9.17) is 0 Å². The fourth-order valence-electron chi connectivity index (χ4n) is 1.92. The summed E-state index contributed by atoms with van der Waals surface area (Å²) in [6.45, 7) is 0. The normalized spacial score (nSPS) is 11.0. The van der Waals surface area contributed by atoms with Gasteiger partial charge in [-0.25, -0.2) is 4.98 Å². The summed E-state index contributed by atoms with van der Waals surface area (Å²) < 4.78 is 3.13. The highest BCUT2D eigenvalue weighted by atomic mass is 32.2. The van der Waals surface area contributed by atoms with E-state index >= 15 is 0 Å². The van der Waals surface area contributed by atoms with Crippen LogP contribution in [-0.2, 0) is 0 Å². The number of nitrogens with zero attached hydrogens (tertiary/aromatic N) is 3. The molecule has 0 spiro atoms. The molecular formula is C15H9N3S3. The van der Waals surface area contributed by atoms with Gasteiger partial charge in [0.1, 0.15) is 5.01 Å². The van der Waals surface area contributed by atoms with Crippen LogP contribution >= 0.6 is 34.4 Å². The lowest BCUT2D eigenvalue weighted by Crippen LogP contribution is -1.74. The number of fused-ring (bicyclic) bond motifs is 1. The maximum absolute atomic E-state index is 4.61. The first-order valence-electron chi connectivity index (χ1n) is 6.31. The van der Waals surface area contributed by atoms with Crippen LogP contribution < -0.4 is 0 Å². The van der Waals surface area contributed by atoms with Gasteiger partial charge in [0.2, 0.25) is 0 Å². The zero-order chi connectivity index (χ0) is 14.1. The zero-order valence-electron chi connectivity index (χ0n) is 10.8. The van der Waals surface area contributed by atoms with Crippen molar-refractivity contribution >= 4 is 44.7 Å². The molecule has 4 aromatic rings. The first kappa shape index (κ1) is 12.9. The van der Waals surface area contributed by atoms with Crippen LogP contribution in [0.1, 0.15) is 0 Å². The monoisotopic (exact) mass is 327 g/mol. The Morgan fingerprint density at radius 2 is 1.57 bits per heavy atom. The average Bonchev–Trinajstić information content (AvgIpc) is 3.14. The second-order valence-electron chi connectivity index (χ2n) is 4.29. The molecule has 3 nitrogen and oxygen atoms in total. The van der Waals surface area contributed by atoms with E-state index in [1.54, 1.807) is 34.4 Å². The van der Waals surface area contributed by atoms with Crippen molar-refractivity contribution in [1.82, 2.24) is 15.2 Å². The largest absolute Gasteiger partial charge is 0.229 e. The summed E-state index contributed by atoms with van der Waals surface area (Å²) in [6, 6.07) is 18.3. The molecule has 0 N–H and O–H groups in total. The van der Waals surface area contributed by atoms with E-state index in [2.05, 4.69) is 21.2 Å². The predicted octanol–water partition coefficient (Wildman–Crippen LogP) is 4.97. The van der Waals surface area contributed by atoms with Crippen LogP contribution in [0, 0.1) is 0 Å². The molecule has 6 heteroatoms. The van der Waals surface area contributed by atoms with Gasteiger partial charge in [-0.1, -0.05) is 53.8 Å². The SMILES string of the molecule is c1ccc(-c2nnc(Sc3nc4ccccc4s3)s2)cc1. The van der Waals surface area contributed by atoms with Gasteiger partial charge in [0.05, 0.1) is 10.2 Å². The molecule has 0 saturated heterocycles. The number of rotatable bonds is 3. The molecule has 0 aliphatic carbocycles. The van der Waals surface area contributed by atoms with E-state index in [0.717, 1.165) is 24.8 Å². The lowest BCUT2D eigenvalue weighted by atomic mass is 10.2. The van der Waals surface area contributed by atoms with Gasteiger partial charge in [-0.2, -0.15) is 0 Å². The summed E-state index contributed by atoms with van der Waals surface area (Å²) in [5.41, 5.74) is 2.14. The van der Waals surface area contributed by atoms with Crippen molar-refractivity contribution in [3.63, 3.8) is 0 Å². The second-order valence-corrected chi connectivity index (χ2v) is 7.79. The Labute approximate surface area is 133 Å². The Balaban J connectivity index is 1.61. The molecule has 2 aromatic heterocycles. The fourth-order valence-corrected chi connectivity index (χ4v) is 5.04. The highest BCUT2D eigenvalue weighted by Gasteiger charge is 2.10. The van der Waals surface area contributed by atoms with Crippen LogP contribution in [0.2, 0.25) is 0 Å². The number of para-hydroxylation sites is 1. The van der Waals surface area contributed by atoms with Gasteiger partial charge in [-0.05, 0) is 23.9 Å². The quantitative estimate of drug-likeness (QED) is 0.533. The Hall–Kier alpha value is -1.76. The minimum atomic E-state index is 0.924. The molecular weight excluding hydrogens is 318 g/mol. The Morgan fingerprint density at radius 3 is 2.43 bits per heavy atom. The van der Waals surface area contributed by atoms with Crippen molar-refractivity contribution in [3.8, 4) is 10.6 Å². The summed E-state index contributed by atoms with van der Waals surface area (Å²) in [5.74, 6) is 0. The summed E-state index contributed by atoms with van der Waals surface area (Å²) in [4.78, 5) is 4.61. The van der Waals surface area contributed by atoms with Gasteiger partial charge >= 0.3 is 0 Å². The average molecular weight is 327 g/mol. The van der Waals surface area contributed by atoms with Gasteiger partial charge in [0, 0.05) is 5.56 Å². The van der Waals surface area contributed by atoms with Gasteiger partial charge in [0.15, 0.2) is 8.68 Å². The van der Waals surface area contributed by atoms with Crippen molar-refractivity contribution in [2.24, 2.45) is 0 Å². The molecule has 0 atom stereocenters. The van der Waals surface area contributed by atoms with Crippen LogP contribution in [0.5, 0.6) is 0 Å². The molecule has 0 radical (unpaired) electrons. The second kappa shape index (κ2) is 5.55. The van der Waals surface area contributed by atoms with Crippen LogP contribution in [0.4, 0.5) is 0 Å². The van der Waals surface area contributed by atoms with E-state index in [-0.39, 0.29) is 0 Å². The molecule has 102 valence electrons. The molecule has 0 aliphatic heterocycles. The molecule has 0 saturated carbocycles. The molecule has 0 unspecified atom stereocenters. The van der Waals surface area contributed by atoms with E-state index in [1.807, 2.05) is 48.5 Å². The third-order valence-electron chi connectivity index (χ3n) is 2.88. The van der Waals surface area contributed by atoms with Gasteiger partial charge in [-0.3, -0.25) is 0 Å². The van der Waals surface area contributed by atoms with Crippen molar-refractivity contribution in [1.29, 1.82) is 0 Å². The predicted molar refractivity (Wildman–Crippen MR) is 89.1 cm³/mol. The first-order chi connectivity index (χ1) is 10.4. The summed E-state index contributed by atoms with van der Waals surface area (Å²) in [5, 5.41) is 9.46. The topological polar surface area (TPSA) is 38.7 Å². The molecule has 2 heterocycles. The van der Waals surface area contributed by atoms with E-state index in [9.17, 15) is 0 Å². The Morgan fingerprint density at radius 1 is 0.762 bits per heavy atom. The molecule has 21 heavy (non-hydrogen) atoms. The van der Waals surface area contributed by atoms with Gasteiger partial charge in [-0.15, -0.1) is 21.5 Å². The zero-order valence-corrected chi connectivity index (χ0v) is 13.2. The van der Waals surface area contributed by atoms with Gasteiger partial charge < -0.3 is 0 Å². The van der Waals surface area contributed by atoms with Crippen molar-refractivity contribution in [3.05, 3.63) is 54.6 Å². The lowest BCUT2D eigenvalue weighted by Gasteiger charge is -1.91. The van der Waals surface area contributed by atoms with Crippen molar-refractivity contribution in [2.75, 3.05) is 0 Å². The Kier molecular flexibility index (Phi) is 3.42. The van der Waals surface area contributed by atoms with Crippen molar-refractivity contribution in [2.45, 2.75) is 8.68 Å². The first-order valence-corrected chi connectivity index (χ1v) is 8.76. The van der Waals surface area contributed by atoms with Crippen LogP contribution in [-0.4, -0.2) is 15.2 Å².